The Labute approximate surface area is 165 Å². The molecule has 0 aliphatic rings. The van der Waals surface area contributed by atoms with Crippen LogP contribution in [-0.4, -0.2) is 5.91 Å². The van der Waals surface area contributed by atoms with Crippen LogP contribution in [0.4, 0.5) is 5.69 Å². The van der Waals surface area contributed by atoms with Crippen molar-refractivity contribution in [2.24, 2.45) is 0 Å². The van der Waals surface area contributed by atoms with Crippen LogP contribution in [0, 0.1) is 0 Å². The molecule has 0 aliphatic heterocycles. The molecule has 5 rings (SSSR count). The molecule has 0 saturated carbocycles. The summed E-state index contributed by atoms with van der Waals surface area (Å²) in [7, 11) is 0. The molecule has 0 atom stereocenters. The van der Waals surface area contributed by atoms with Gasteiger partial charge < -0.3 is 5.32 Å². The standard InChI is InChI=1S/C23H14ClNOS/c24-21-20-17-10-4-2-7-15(17)12-13-19(20)27-22(21)23(26)25-18-11-5-8-14-6-1-3-9-16(14)18/h1-13H,(H,25,26). The number of nitrogens with one attached hydrogen (secondary N) is 1. The summed E-state index contributed by atoms with van der Waals surface area (Å²) < 4.78 is 1.02. The third-order valence-electron chi connectivity index (χ3n) is 4.77. The lowest BCUT2D eigenvalue weighted by atomic mass is 10.1. The average molecular weight is 388 g/mol. The molecule has 1 N–H and O–H groups in total. The van der Waals surface area contributed by atoms with Gasteiger partial charge in [-0.2, -0.15) is 0 Å². The molecular formula is C23H14ClNOS. The fourth-order valence-electron chi connectivity index (χ4n) is 3.49. The maximum absolute atomic E-state index is 13.0. The smallest absolute Gasteiger partial charge is 0.267 e. The van der Waals surface area contributed by atoms with E-state index in [-0.39, 0.29) is 5.91 Å². The van der Waals surface area contributed by atoms with Gasteiger partial charge in [0.1, 0.15) is 4.88 Å². The van der Waals surface area contributed by atoms with E-state index in [1.54, 1.807) is 0 Å². The number of amides is 1. The van der Waals surface area contributed by atoms with E-state index in [1.807, 2.05) is 66.7 Å². The normalized spacial score (nSPS) is 11.3. The van der Waals surface area contributed by atoms with Gasteiger partial charge in [-0.25, -0.2) is 0 Å². The zero-order valence-corrected chi connectivity index (χ0v) is 15.8. The summed E-state index contributed by atoms with van der Waals surface area (Å²) in [5.74, 6) is -0.179. The van der Waals surface area contributed by atoms with Crippen LogP contribution < -0.4 is 5.32 Å². The van der Waals surface area contributed by atoms with E-state index >= 15 is 0 Å². The predicted molar refractivity (Wildman–Crippen MR) is 116 cm³/mol. The summed E-state index contributed by atoms with van der Waals surface area (Å²) >= 11 is 8.09. The van der Waals surface area contributed by atoms with Crippen molar-refractivity contribution in [3.8, 4) is 0 Å². The Morgan fingerprint density at radius 1 is 0.778 bits per heavy atom. The molecule has 27 heavy (non-hydrogen) atoms. The van der Waals surface area contributed by atoms with E-state index in [9.17, 15) is 4.79 Å². The molecular weight excluding hydrogens is 374 g/mol. The third-order valence-corrected chi connectivity index (χ3v) is 6.41. The van der Waals surface area contributed by atoms with Crippen LogP contribution in [0.3, 0.4) is 0 Å². The lowest BCUT2D eigenvalue weighted by Crippen LogP contribution is -2.10. The Morgan fingerprint density at radius 2 is 1.44 bits per heavy atom. The molecule has 0 spiro atoms. The van der Waals surface area contributed by atoms with E-state index in [4.69, 9.17) is 11.6 Å². The topological polar surface area (TPSA) is 29.1 Å². The van der Waals surface area contributed by atoms with Crippen LogP contribution in [0.2, 0.25) is 5.02 Å². The second kappa shape index (κ2) is 6.38. The van der Waals surface area contributed by atoms with E-state index < -0.39 is 0 Å². The monoisotopic (exact) mass is 387 g/mol. The number of anilines is 1. The summed E-state index contributed by atoms with van der Waals surface area (Å²) in [5.41, 5.74) is 0.788. The van der Waals surface area contributed by atoms with Crippen LogP contribution in [0.25, 0.3) is 31.6 Å². The molecule has 1 amide bonds. The SMILES string of the molecule is O=C(Nc1cccc2ccccc12)c1sc2ccc3ccccc3c2c1Cl. The van der Waals surface area contributed by atoms with Crippen molar-refractivity contribution in [1.82, 2.24) is 0 Å². The van der Waals surface area contributed by atoms with E-state index in [0.717, 1.165) is 37.3 Å². The lowest BCUT2D eigenvalue weighted by molar-refractivity contribution is 0.103. The largest absolute Gasteiger partial charge is 0.321 e. The highest BCUT2D eigenvalue weighted by Crippen LogP contribution is 2.40. The number of carbonyl (C=O) groups excluding carboxylic acids is 1. The first-order chi connectivity index (χ1) is 13.2. The van der Waals surface area contributed by atoms with Crippen molar-refractivity contribution < 1.29 is 4.79 Å². The van der Waals surface area contributed by atoms with Crippen molar-refractivity contribution in [3.05, 3.63) is 88.8 Å². The van der Waals surface area contributed by atoms with Gasteiger partial charge in [-0.3, -0.25) is 4.79 Å². The first kappa shape index (κ1) is 16.3. The van der Waals surface area contributed by atoms with Crippen LogP contribution in [0.5, 0.6) is 0 Å². The number of carbonyl (C=O) groups is 1. The van der Waals surface area contributed by atoms with Gasteiger partial charge in [0.2, 0.25) is 0 Å². The molecule has 130 valence electrons. The Morgan fingerprint density at radius 3 is 2.26 bits per heavy atom. The fraction of sp³-hybridized carbons (Fsp3) is 0. The Hall–Kier alpha value is -2.88. The molecule has 5 aromatic rings. The summed E-state index contributed by atoms with van der Waals surface area (Å²) in [4.78, 5) is 13.5. The lowest BCUT2D eigenvalue weighted by Gasteiger charge is -2.08. The number of fused-ring (bicyclic) bond motifs is 4. The Balaban J connectivity index is 1.62. The maximum atomic E-state index is 13.0. The number of halogens is 1. The summed E-state index contributed by atoms with van der Waals surface area (Å²) in [5, 5.41) is 8.79. The highest BCUT2D eigenvalue weighted by molar-refractivity contribution is 7.22. The minimum absolute atomic E-state index is 0.179. The number of hydrogen-bond acceptors (Lipinski definition) is 2. The van der Waals surface area contributed by atoms with Crippen LogP contribution in [0.15, 0.2) is 78.9 Å². The van der Waals surface area contributed by atoms with Crippen molar-refractivity contribution in [2.75, 3.05) is 5.32 Å². The van der Waals surface area contributed by atoms with Crippen LogP contribution in [0.1, 0.15) is 9.67 Å². The number of thiophene rings is 1. The second-order valence-electron chi connectivity index (χ2n) is 6.39. The van der Waals surface area contributed by atoms with Crippen molar-refractivity contribution in [3.63, 3.8) is 0 Å². The Bertz CT molecular complexity index is 1330. The average Bonchev–Trinajstić information content (AvgIpc) is 3.05. The predicted octanol–water partition coefficient (Wildman–Crippen LogP) is 7.11. The number of rotatable bonds is 2. The van der Waals surface area contributed by atoms with Crippen LogP contribution in [-0.2, 0) is 0 Å². The molecule has 4 aromatic carbocycles. The molecule has 0 aliphatic carbocycles. The zero-order valence-electron chi connectivity index (χ0n) is 14.2. The van der Waals surface area contributed by atoms with Gasteiger partial charge in [-0.1, -0.05) is 78.3 Å². The zero-order chi connectivity index (χ0) is 18.4. The molecule has 0 unspecified atom stereocenters. The molecule has 0 fully saturated rings. The van der Waals surface area contributed by atoms with Crippen molar-refractivity contribution >= 4 is 66.2 Å². The van der Waals surface area contributed by atoms with Gasteiger partial charge in [-0.05, 0) is 28.3 Å². The summed E-state index contributed by atoms with van der Waals surface area (Å²) in [6.07, 6.45) is 0. The summed E-state index contributed by atoms with van der Waals surface area (Å²) in [6.45, 7) is 0. The van der Waals surface area contributed by atoms with Gasteiger partial charge in [-0.15, -0.1) is 11.3 Å². The van der Waals surface area contributed by atoms with Crippen molar-refractivity contribution in [2.45, 2.75) is 0 Å². The van der Waals surface area contributed by atoms with E-state index in [2.05, 4.69) is 17.4 Å². The second-order valence-corrected chi connectivity index (χ2v) is 7.82. The first-order valence-corrected chi connectivity index (χ1v) is 9.81. The van der Waals surface area contributed by atoms with E-state index in [0.29, 0.717) is 9.90 Å². The fourth-order valence-corrected chi connectivity index (χ4v) is 4.96. The summed E-state index contributed by atoms with van der Waals surface area (Å²) in [6, 6.07) is 26.1. The van der Waals surface area contributed by atoms with Gasteiger partial charge >= 0.3 is 0 Å². The number of hydrogen-bond donors (Lipinski definition) is 1. The first-order valence-electron chi connectivity index (χ1n) is 8.61. The maximum Gasteiger partial charge on any atom is 0.267 e. The van der Waals surface area contributed by atoms with E-state index in [1.165, 1.54) is 11.3 Å². The Kier molecular flexibility index (Phi) is 3.85. The van der Waals surface area contributed by atoms with Crippen molar-refractivity contribution in [1.29, 1.82) is 0 Å². The van der Waals surface area contributed by atoms with Gasteiger partial charge in [0.25, 0.3) is 5.91 Å². The molecule has 1 heterocycles. The minimum atomic E-state index is -0.179. The number of benzene rings is 4. The molecule has 1 aromatic heterocycles. The molecule has 0 saturated heterocycles. The minimum Gasteiger partial charge on any atom is -0.321 e. The quantitative estimate of drug-likeness (QED) is 0.343. The van der Waals surface area contributed by atoms with Gasteiger partial charge in [0.15, 0.2) is 0 Å². The molecule has 4 heteroatoms. The molecule has 0 bridgehead atoms. The highest BCUT2D eigenvalue weighted by atomic mass is 35.5. The van der Waals surface area contributed by atoms with Gasteiger partial charge in [0.05, 0.1) is 5.02 Å². The highest BCUT2D eigenvalue weighted by Gasteiger charge is 2.19. The van der Waals surface area contributed by atoms with Crippen LogP contribution >= 0.6 is 22.9 Å². The molecule has 0 radical (unpaired) electrons. The molecule has 2 nitrogen and oxygen atoms in total. The third kappa shape index (κ3) is 2.67. The van der Waals surface area contributed by atoms with Gasteiger partial charge in [0, 0.05) is 21.2 Å².